The topological polar surface area (TPSA) is 66.1 Å². The number of hydrogen-bond donors (Lipinski definition) is 2. The van der Waals surface area contributed by atoms with E-state index in [-0.39, 0.29) is 6.04 Å². The summed E-state index contributed by atoms with van der Waals surface area (Å²) in [5, 5.41) is 5.02. The predicted molar refractivity (Wildman–Crippen MR) is 120 cm³/mol. The van der Waals surface area contributed by atoms with E-state index >= 15 is 0 Å². The smallest absolute Gasteiger partial charge is 0.143 e. The molecule has 2 saturated heterocycles. The number of aromatic nitrogens is 3. The van der Waals surface area contributed by atoms with E-state index in [1.54, 1.807) is 6.33 Å². The Labute approximate surface area is 182 Å². The summed E-state index contributed by atoms with van der Waals surface area (Å²) < 4.78 is 5.74. The summed E-state index contributed by atoms with van der Waals surface area (Å²) in [6.45, 7) is 4.18. The molecule has 160 valence electrons. The normalized spacial score (nSPS) is 30.5. The SMILES string of the molecule is c1ccc2c(c1)CC[C@@H](N1C[C@H]3COC[C@H]3C1)[C@@H]2Nc1ncnc2[nH]c(C3CC3)cc12. The first kappa shape index (κ1) is 18.2. The maximum atomic E-state index is 5.74. The zero-order valence-electron chi connectivity index (χ0n) is 17.8. The van der Waals surface area contributed by atoms with Crippen molar-refractivity contribution in [3.05, 3.63) is 53.5 Å². The first-order valence-corrected chi connectivity index (χ1v) is 11.8. The fraction of sp³-hybridized carbons (Fsp3) is 0.520. The second-order valence-corrected chi connectivity index (χ2v) is 9.92. The second kappa shape index (κ2) is 7.04. The van der Waals surface area contributed by atoms with Crippen LogP contribution in [0.2, 0.25) is 0 Å². The summed E-state index contributed by atoms with van der Waals surface area (Å²) in [4.78, 5) is 15.5. The van der Waals surface area contributed by atoms with E-state index in [0.717, 1.165) is 49.6 Å². The van der Waals surface area contributed by atoms with Gasteiger partial charge in [-0.2, -0.15) is 0 Å². The number of nitrogens with zero attached hydrogens (tertiary/aromatic N) is 3. The summed E-state index contributed by atoms with van der Waals surface area (Å²) >= 11 is 0. The molecule has 4 heterocycles. The van der Waals surface area contributed by atoms with E-state index in [0.29, 0.717) is 23.8 Å². The summed E-state index contributed by atoms with van der Waals surface area (Å²) in [5.74, 6) is 3.04. The molecule has 2 aliphatic carbocycles. The monoisotopic (exact) mass is 415 g/mol. The standard InChI is InChI=1S/C25H29N5O/c1-2-4-19-15(3-1)7-8-22(30-10-17-12-31-13-18(17)11-30)23(19)29-25-20-9-21(16-5-6-16)28-24(20)26-14-27-25/h1-4,9,14,16-18,22-23H,5-8,10-13H2,(H2,26,27,28,29)/t17-,18+,22-,23-/m1/s1. The number of fused-ring (bicyclic) bond motifs is 3. The minimum atomic E-state index is 0.238. The van der Waals surface area contributed by atoms with Gasteiger partial charge in [0, 0.05) is 36.7 Å². The molecule has 0 amide bonds. The van der Waals surface area contributed by atoms with Gasteiger partial charge in [0.25, 0.3) is 0 Å². The Bertz CT molecular complexity index is 1110. The first-order chi connectivity index (χ1) is 15.3. The number of aryl methyl sites for hydroxylation is 1. The number of anilines is 1. The van der Waals surface area contributed by atoms with Crippen molar-refractivity contribution in [2.45, 2.75) is 43.7 Å². The van der Waals surface area contributed by atoms with E-state index in [1.165, 1.54) is 36.1 Å². The third kappa shape index (κ3) is 3.07. The maximum absolute atomic E-state index is 5.74. The number of ether oxygens (including phenoxy) is 1. The lowest BCUT2D eigenvalue weighted by Crippen LogP contribution is -2.44. The van der Waals surface area contributed by atoms with Crippen molar-refractivity contribution in [1.29, 1.82) is 0 Å². The molecule has 3 fully saturated rings. The van der Waals surface area contributed by atoms with Gasteiger partial charge in [-0.25, -0.2) is 9.97 Å². The molecule has 2 aliphatic heterocycles. The van der Waals surface area contributed by atoms with Gasteiger partial charge in [0.15, 0.2) is 0 Å². The molecular formula is C25H29N5O. The van der Waals surface area contributed by atoms with E-state index < -0.39 is 0 Å². The average molecular weight is 416 g/mol. The van der Waals surface area contributed by atoms with Crippen molar-refractivity contribution in [3.8, 4) is 0 Å². The van der Waals surface area contributed by atoms with Crippen LogP contribution in [0.15, 0.2) is 36.7 Å². The first-order valence-electron chi connectivity index (χ1n) is 11.8. The van der Waals surface area contributed by atoms with Gasteiger partial charge >= 0.3 is 0 Å². The highest BCUT2D eigenvalue weighted by Crippen LogP contribution is 2.43. The Morgan fingerprint density at radius 2 is 1.87 bits per heavy atom. The third-order valence-corrected chi connectivity index (χ3v) is 7.98. The summed E-state index contributed by atoms with van der Waals surface area (Å²) in [5.41, 5.74) is 5.16. The Kier molecular flexibility index (Phi) is 4.12. The van der Waals surface area contributed by atoms with Gasteiger partial charge in [0.05, 0.1) is 24.6 Å². The molecule has 3 aromatic rings. The lowest BCUT2D eigenvalue weighted by atomic mass is 9.83. The third-order valence-electron chi connectivity index (χ3n) is 7.98. The van der Waals surface area contributed by atoms with Crippen molar-refractivity contribution >= 4 is 16.9 Å². The Morgan fingerprint density at radius 1 is 1.03 bits per heavy atom. The van der Waals surface area contributed by atoms with Crippen molar-refractivity contribution in [2.75, 3.05) is 31.6 Å². The average Bonchev–Trinajstić information content (AvgIpc) is 3.20. The fourth-order valence-corrected chi connectivity index (χ4v) is 6.14. The van der Waals surface area contributed by atoms with Crippen LogP contribution in [0.3, 0.4) is 0 Å². The van der Waals surface area contributed by atoms with E-state index in [1.807, 2.05) is 0 Å². The minimum Gasteiger partial charge on any atom is -0.381 e. The van der Waals surface area contributed by atoms with Crippen LogP contribution < -0.4 is 5.32 Å². The molecule has 31 heavy (non-hydrogen) atoms. The molecule has 0 spiro atoms. The van der Waals surface area contributed by atoms with Crippen molar-refractivity contribution in [1.82, 2.24) is 19.9 Å². The molecule has 0 bridgehead atoms. The van der Waals surface area contributed by atoms with E-state index in [9.17, 15) is 0 Å². The second-order valence-electron chi connectivity index (χ2n) is 9.92. The Balaban J connectivity index is 1.25. The highest BCUT2D eigenvalue weighted by molar-refractivity contribution is 5.88. The molecular weight excluding hydrogens is 386 g/mol. The maximum Gasteiger partial charge on any atom is 0.143 e. The zero-order valence-corrected chi connectivity index (χ0v) is 17.8. The molecule has 7 rings (SSSR count). The van der Waals surface area contributed by atoms with Gasteiger partial charge in [-0.3, -0.25) is 4.90 Å². The summed E-state index contributed by atoms with van der Waals surface area (Å²) in [6.07, 6.45) is 6.59. The summed E-state index contributed by atoms with van der Waals surface area (Å²) in [6, 6.07) is 11.9. The molecule has 1 aromatic carbocycles. The number of rotatable bonds is 4. The molecule has 4 aliphatic rings. The van der Waals surface area contributed by atoms with Gasteiger partial charge in [0.1, 0.15) is 17.8 Å². The van der Waals surface area contributed by atoms with Crippen LogP contribution in [0.1, 0.15) is 48.0 Å². The number of H-pyrrole nitrogens is 1. The van der Waals surface area contributed by atoms with Gasteiger partial charge in [-0.15, -0.1) is 0 Å². The molecule has 1 saturated carbocycles. The van der Waals surface area contributed by atoms with Crippen molar-refractivity contribution in [2.24, 2.45) is 11.8 Å². The molecule has 6 heteroatoms. The minimum absolute atomic E-state index is 0.238. The van der Waals surface area contributed by atoms with Gasteiger partial charge < -0.3 is 15.0 Å². The predicted octanol–water partition coefficient (Wildman–Crippen LogP) is 3.88. The number of benzene rings is 1. The van der Waals surface area contributed by atoms with Crippen LogP contribution in [0.4, 0.5) is 5.82 Å². The molecule has 2 aromatic heterocycles. The highest BCUT2D eigenvalue weighted by Gasteiger charge is 2.43. The van der Waals surface area contributed by atoms with Crippen molar-refractivity contribution < 1.29 is 4.74 Å². The van der Waals surface area contributed by atoms with E-state index in [2.05, 4.69) is 50.5 Å². The number of nitrogens with one attached hydrogen (secondary N) is 2. The van der Waals surface area contributed by atoms with Crippen LogP contribution in [0, 0.1) is 11.8 Å². The van der Waals surface area contributed by atoms with Crippen LogP contribution in [-0.4, -0.2) is 52.2 Å². The largest absolute Gasteiger partial charge is 0.381 e. The van der Waals surface area contributed by atoms with E-state index in [4.69, 9.17) is 9.72 Å². The number of hydrogen-bond acceptors (Lipinski definition) is 5. The Morgan fingerprint density at radius 3 is 2.71 bits per heavy atom. The van der Waals surface area contributed by atoms with Crippen LogP contribution in [0.25, 0.3) is 11.0 Å². The lowest BCUT2D eigenvalue weighted by molar-refractivity contribution is 0.127. The molecule has 0 radical (unpaired) electrons. The lowest BCUT2D eigenvalue weighted by Gasteiger charge is -2.40. The number of likely N-dealkylation sites (tertiary alicyclic amines) is 1. The fourth-order valence-electron chi connectivity index (χ4n) is 6.14. The molecule has 0 unspecified atom stereocenters. The van der Waals surface area contributed by atoms with Crippen LogP contribution in [0.5, 0.6) is 0 Å². The van der Waals surface area contributed by atoms with Crippen LogP contribution in [-0.2, 0) is 11.2 Å². The zero-order chi connectivity index (χ0) is 20.4. The van der Waals surface area contributed by atoms with Gasteiger partial charge in [-0.05, 0) is 48.8 Å². The Hall–Kier alpha value is -2.44. The molecule has 6 nitrogen and oxygen atoms in total. The molecule has 2 N–H and O–H groups in total. The van der Waals surface area contributed by atoms with Crippen LogP contribution >= 0.6 is 0 Å². The van der Waals surface area contributed by atoms with Crippen molar-refractivity contribution in [3.63, 3.8) is 0 Å². The highest BCUT2D eigenvalue weighted by atomic mass is 16.5. The van der Waals surface area contributed by atoms with Gasteiger partial charge in [0.2, 0.25) is 0 Å². The number of aromatic amines is 1. The summed E-state index contributed by atoms with van der Waals surface area (Å²) in [7, 11) is 0. The molecule has 4 atom stereocenters. The van der Waals surface area contributed by atoms with Gasteiger partial charge in [-0.1, -0.05) is 24.3 Å². The quantitative estimate of drug-likeness (QED) is 0.677.